The van der Waals surface area contributed by atoms with E-state index < -0.39 is 6.10 Å². The van der Waals surface area contributed by atoms with Gasteiger partial charge in [0.15, 0.2) is 11.8 Å². The van der Waals surface area contributed by atoms with Gasteiger partial charge in [0.05, 0.1) is 5.69 Å². The van der Waals surface area contributed by atoms with Crippen LogP contribution in [0.15, 0.2) is 79.0 Å². The summed E-state index contributed by atoms with van der Waals surface area (Å²) in [4.78, 5) is 17.1. The Morgan fingerprint density at radius 3 is 2.60 bits per heavy atom. The van der Waals surface area contributed by atoms with E-state index in [1.807, 2.05) is 86.6 Å². The molecule has 3 heterocycles. The van der Waals surface area contributed by atoms with Crippen LogP contribution < -0.4 is 10.1 Å². The summed E-state index contributed by atoms with van der Waals surface area (Å²) in [7, 11) is 0. The quantitative estimate of drug-likeness (QED) is 0.385. The first kappa shape index (κ1) is 22.2. The van der Waals surface area contributed by atoms with E-state index in [0.717, 1.165) is 11.1 Å². The van der Waals surface area contributed by atoms with E-state index in [4.69, 9.17) is 9.84 Å². The van der Waals surface area contributed by atoms with Gasteiger partial charge in [0, 0.05) is 17.4 Å². The van der Waals surface area contributed by atoms with Gasteiger partial charge in [-0.15, -0.1) is 10.2 Å². The first-order valence-electron chi connectivity index (χ1n) is 11.3. The first-order chi connectivity index (χ1) is 17.0. The second kappa shape index (κ2) is 9.34. The number of amides is 1. The van der Waals surface area contributed by atoms with Gasteiger partial charge in [-0.05, 0) is 80.4 Å². The Labute approximate surface area is 202 Å². The Kier molecular flexibility index (Phi) is 5.93. The molecule has 0 bridgehead atoms. The SMILES string of the molecule is Cc1ccc(OC(C)C(=O)Nc2cccc(-c3ccc4nnc(-c5ccccn5)n4n3)c2)cc1C. The third kappa shape index (κ3) is 4.72. The van der Waals surface area contributed by atoms with Crippen molar-refractivity contribution < 1.29 is 9.53 Å². The van der Waals surface area contributed by atoms with Crippen LogP contribution in [-0.4, -0.2) is 36.8 Å². The second-order valence-electron chi connectivity index (χ2n) is 8.30. The zero-order chi connectivity index (χ0) is 24.4. The molecule has 0 spiro atoms. The number of carbonyl (C=O) groups is 1. The van der Waals surface area contributed by atoms with Crippen molar-refractivity contribution in [3.8, 4) is 28.5 Å². The topological polar surface area (TPSA) is 94.3 Å². The van der Waals surface area contributed by atoms with Crippen molar-refractivity contribution in [2.75, 3.05) is 5.32 Å². The number of nitrogens with one attached hydrogen (secondary N) is 1. The zero-order valence-electron chi connectivity index (χ0n) is 19.6. The predicted molar refractivity (Wildman–Crippen MR) is 134 cm³/mol. The fourth-order valence-electron chi connectivity index (χ4n) is 3.64. The second-order valence-corrected chi connectivity index (χ2v) is 8.30. The molecule has 0 aliphatic carbocycles. The molecule has 0 radical (unpaired) electrons. The lowest BCUT2D eigenvalue weighted by atomic mass is 10.1. The number of rotatable bonds is 6. The minimum Gasteiger partial charge on any atom is -0.481 e. The van der Waals surface area contributed by atoms with E-state index in [1.54, 1.807) is 17.6 Å². The van der Waals surface area contributed by atoms with Crippen LogP contribution in [0.5, 0.6) is 5.75 Å². The van der Waals surface area contributed by atoms with Crippen molar-refractivity contribution in [2.45, 2.75) is 26.9 Å². The minimum absolute atomic E-state index is 0.236. The molecular weight excluding hydrogens is 440 g/mol. The molecule has 0 aliphatic heterocycles. The van der Waals surface area contributed by atoms with Crippen molar-refractivity contribution in [3.63, 3.8) is 0 Å². The van der Waals surface area contributed by atoms with Crippen molar-refractivity contribution in [2.24, 2.45) is 0 Å². The van der Waals surface area contributed by atoms with Crippen LogP contribution in [0.4, 0.5) is 5.69 Å². The highest BCUT2D eigenvalue weighted by atomic mass is 16.5. The maximum atomic E-state index is 12.8. The van der Waals surface area contributed by atoms with Gasteiger partial charge in [0.1, 0.15) is 11.4 Å². The molecule has 1 atom stereocenters. The molecule has 1 N–H and O–H groups in total. The van der Waals surface area contributed by atoms with E-state index in [0.29, 0.717) is 34.3 Å². The fourth-order valence-corrected chi connectivity index (χ4v) is 3.64. The number of aryl methyl sites for hydroxylation is 2. The van der Waals surface area contributed by atoms with Crippen molar-refractivity contribution in [1.29, 1.82) is 0 Å². The maximum Gasteiger partial charge on any atom is 0.265 e. The van der Waals surface area contributed by atoms with E-state index in [2.05, 4.69) is 20.5 Å². The molecule has 0 fully saturated rings. The third-order valence-corrected chi connectivity index (χ3v) is 5.74. The molecule has 2 aromatic carbocycles. The van der Waals surface area contributed by atoms with Crippen LogP contribution in [0.3, 0.4) is 0 Å². The lowest BCUT2D eigenvalue weighted by Gasteiger charge is -2.16. The molecule has 1 unspecified atom stereocenters. The van der Waals surface area contributed by atoms with Gasteiger partial charge >= 0.3 is 0 Å². The summed E-state index contributed by atoms with van der Waals surface area (Å²) >= 11 is 0. The van der Waals surface area contributed by atoms with Crippen LogP contribution in [0, 0.1) is 13.8 Å². The molecule has 0 saturated heterocycles. The molecule has 3 aromatic heterocycles. The predicted octanol–water partition coefficient (Wildman–Crippen LogP) is 4.88. The molecule has 8 nitrogen and oxygen atoms in total. The first-order valence-corrected chi connectivity index (χ1v) is 11.3. The van der Waals surface area contributed by atoms with Crippen molar-refractivity contribution in [3.05, 3.63) is 90.1 Å². The summed E-state index contributed by atoms with van der Waals surface area (Å²) in [6.45, 7) is 5.79. The number of carbonyl (C=O) groups excluding carboxylic acids is 1. The number of hydrogen-bond donors (Lipinski definition) is 1. The van der Waals surface area contributed by atoms with Gasteiger partial charge < -0.3 is 10.1 Å². The molecule has 8 heteroatoms. The van der Waals surface area contributed by atoms with Gasteiger partial charge in [-0.25, -0.2) is 0 Å². The summed E-state index contributed by atoms with van der Waals surface area (Å²) in [6.07, 6.45) is 1.05. The lowest BCUT2D eigenvalue weighted by Crippen LogP contribution is -2.30. The third-order valence-electron chi connectivity index (χ3n) is 5.74. The molecule has 5 rings (SSSR count). The number of benzene rings is 2. The summed E-state index contributed by atoms with van der Waals surface area (Å²) in [6, 6.07) is 22.6. The molecule has 35 heavy (non-hydrogen) atoms. The number of anilines is 1. The van der Waals surface area contributed by atoms with Gasteiger partial charge in [0.2, 0.25) is 5.82 Å². The van der Waals surface area contributed by atoms with Gasteiger partial charge in [-0.2, -0.15) is 9.61 Å². The summed E-state index contributed by atoms with van der Waals surface area (Å²) in [5.74, 6) is 0.990. The molecular formula is C27H24N6O2. The molecule has 1 amide bonds. The zero-order valence-corrected chi connectivity index (χ0v) is 19.6. The normalized spacial score (nSPS) is 11.9. The van der Waals surface area contributed by atoms with Crippen LogP contribution in [0.1, 0.15) is 18.1 Å². The van der Waals surface area contributed by atoms with E-state index in [9.17, 15) is 4.79 Å². The number of nitrogens with zero attached hydrogens (tertiary/aromatic N) is 5. The minimum atomic E-state index is -0.659. The van der Waals surface area contributed by atoms with Crippen LogP contribution in [-0.2, 0) is 4.79 Å². The highest BCUT2D eigenvalue weighted by Gasteiger charge is 2.16. The average Bonchev–Trinajstić information content (AvgIpc) is 3.30. The van der Waals surface area contributed by atoms with Crippen LogP contribution in [0.2, 0.25) is 0 Å². The smallest absolute Gasteiger partial charge is 0.265 e. The standard InChI is InChI=1S/C27H24N6O2/c1-17-10-11-22(15-18(17)2)35-19(3)27(34)29-21-8-6-7-20(16-21)23-12-13-25-30-31-26(33(25)32-23)24-9-4-5-14-28-24/h4-16,19H,1-3H3,(H,29,34). The van der Waals surface area contributed by atoms with Crippen molar-refractivity contribution in [1.82, 2.24) is 24.8 Å². The summed E-state index contributed by atoms with van der Waals surface area (Å²) in [5.41, 5.74) is 5.81. The maximum absolute atomic E-state index is 12.8. The monoisotopic (exact) mass is 464 g/mol. The molecule has 5 aromatic rings. The number of aromatic nitrogens is 5. The Bertz CT molecular complexity index is 1510. The van der Waals surface area contributed by atoms with Crippen LogP contribution >= 0.6 is 0 Å². The highest BCUT2D eigenvalue weighted by Crippen LogP contribution is 2.23. The number of pyridine rings is 1. The average molecular weight is 465 g/mol. The molecule has 0 saturated carbocycles. The van der Waals surface area contributed by atoms with Crippen molar-refractivity contribution >= 4 is 17.2 Å². The van der Waals surface area contributed by atoms with E-state index in [-0.39, 0.29) is 5.91 Å². The largest absolute Gasteiger partial charge is 0.481 e. The Balaban J connectivity index is 1.36. The van der Waals surface area contributed by atoms with Gasteiger partial charge in [0.25, 0.3) is 5.91 Å². The Morgan fingerprint density at radius 1 is 0.914 bits per heavy atom. The Morgan fingerprint density at radius 2 is 1.80 bits per heavy atom. The molecule has 174 valence electrons. The number of hydrogen-bond acceptors (Lipinski definition) is 6. The lowest BCUT2D eigenvalue weighted by molar-refractivity contribution is -0.122. The fraction of sp³-hybridized carbons (Fsp3) is 0.148. The van der Waals surface area contributed by atoms with Crippen LogP contribution in [0.25, 0.3) is 28.4 Å². The summed E-state index contributed by atoms with van der Waals surface area (Å²) in [5, 5.41) is 16.1. The number of fused-ring (bicyclic) bond motifs is 1. The summed E-state index contributed by atoms with van der Waals surface area (Å²) < 4.78 is 7.52. The van der Waals surface area contributed by atoms with E-state index in [1.165, 1.54) is 5.56 Å². The Hall–Kier alpha value is -4.59. The van der Waals surface area contributed by atoms with Gasteiger partial charge in [-0.1, -0.05) is 24.3 Å². The molecule has 0 aliphatic rings. The van der Waals surface area contributed by atoms with E-state index >= 15 is 0 Å². The highest BCUT2D eigenvalue weighted by molar-refractivity contribution is 5.94. The van der Waals surface area contributed by atoms with Gasteiger partial charge in [-0.3, -0.25) is 9.78 Å². The number of ether oxygens (including phenoxy) is 1.